The van der Waals surface area contributed by atoms with E-state index in [2.05, 4.69) is 5.32 Å². The highest BCUT2D eigenvalue weighted by atomic mass is 16.5. The summed E-state index contributed by atoms with van der Waals surface area (Å²) >= 11 is 0. The topological polar surface area (TPSA) is 91.2 Å². The summed E-state index contributed by atoms with van der Waals surface area (Å²) in [5, 5.41) is 22.6. The van der Waals surface area contributed by atoms with Crippen LogP contribution in [0.5, 0.6) is 11.5 Å². The summed E-state index contributed by atoms with van der Waals surface area (Å²) < 4.78 is 5.61. The SMILES string of the molecule is CC(C)(C)OCC(=O)NC1=NC(c2ccc(O)cc2)(c2ccc(O)cc2)c2ccccc21. The molecule has 6 heteroatoms. The van der Waals surface area contributed by atoms with Gasteiger partial charge in [-0.05, 0) is 61.7 Å². The predicted octanol–water partition coefficient (Wildman–Crippen LogP) is 4.08. The minimum atomic E-state index is -0.953. The summed E-state index contributed by atoms with van der Waals surface area (Å²) in [6, 6.07) is 21.4. The van der Waals surface area contributed by atoms with Gasteiger partial charge in [0.05, 0.1) is 5.60 Å². The largest absolute Gasteiger partial charge is 0.508 e. The second-order valence-electron chi connectivity index (χ2n) is 8.76. The molecular weight excluding hydrogens is 404 g/mol. The fraction of sp³-hybridized carbons (Fsp3) is 0.231. The average Bonchev–Trinajstić information content (AvgIpc) is 3.08. The molecule has 6 nitrogen and oxygen atoms in total. The number of nitrogens with zero attached hydrogens (tertiary/aromatic N) is 1. The molecule has 0 radical (unpaired) electrons. The Labute approximate surface area is 187 Å². The highest BCUT2D eigenvalue weighted by Gasteiger charge is 2.43. The lowest BCUT2D eigenvalue weighted by molar-refractivity contribution is -0.129. The molecule has 0 aliphatic carbocycles. The van der Waals surface area contributed by atoms with Crippen molar-refractivity contribution in [2.45, 2.75) is 31.9 Å². The van der Waals surface area contributed by atoms with Crippen LogP contribution in [0.1, 0.15) is 43.0 Å². The predicted molar refractivity (Wildman–Crippen MR) is 123 cm³/mol. The van der Waals surface area contributed by atoms with Crippen molar-refractivity contribution in [1.82, 2.24) is 5.32 Å². The number of aliphatic imine (C=N–C) groups is 1. The zero-order chi connectivity index (χ0) is 22.9. The van der Waals surface area contributed by atoms with Gasteiger partial charge in [-0.25, -0.2) is 4.99 Å². The molecule has 0 saturated carbocycles. The van der Waals surface area contributed by atoms with Crippen molar-refractivity contribution in [2.75, 3.05) is 6.61 Å². The van der Waals surface area contributed by atoms with Crippen LogP contribution in [0.2, 0.25) is 0 Å². The van der Waals surface area contributed by atoms with Crippen LogP contribution >= 0.6 is 0 Å². The third kappa shape index (κ3) is 4.09. The number of benzene rings is 3. The molecule has 3 aromatic rings. The Hall–Kier alpha value is -3.64. The van der Waals surface area contributed by atoms with Crippen LogP contribution in [0.4, 0.5) is 0 Å². The number of phenols is 2. The van der Waals surface area contributed by atoms with Crippen LogP contribution in [-0.4, -0.2) is 34.2 Å². The Kier molecular flexibility index (Phi) is 5.48. The summed E-state index contributed by atoms with van der Waals surface area (Å²) in [6.07, 6.45) is 0. The number of nitrogens with one attached hydrogen (secondary N) is 1. The smallest absolute Gasteiger partial charge is 0.251 e. The molecule has 1 aliphatic rings. The minimum Gasteiger partial charge on any atom is -0.508 e. The van der Waals surface area contributed by atoms with Crippen molar-refractivity contribution in [2.24, 2.45) is 4.99 Å². The van der Waals surface area contributed by atoms with Crippen molar-refractivity contribution in [3.8, 4) is 11.5 Å². The van der Waals surface area contributed by atoms with E-state index in [1.54, 1.807) is 24.3 Å². The highest BCUT2D eigenvalue weighted by molar-refractivity contribution is 6.11. The molecule has 3 N–H and O–H groups in total. The summed E-state index contributed by atoms with van der Waals surface area (Å²) in [6.45, 7) is 5.59. The zero-order valence-corrected chi connectivity index (χ0v) is 18.3. The quantitative estimate of drug-likeness (QED) is 0.582. The molecule has 0 spiro atoms. The van der Waals surface area contributed by atoms with Gasteiger partial charge < -0.3 is 20.3 Å². The number of aromatic hydroxyl groups is 2. The van der Waals surface area contributed by atoms with E-state index in [1.807, 2.05) is 69.3 Å². The maximum absolute atomic E-state index is 12.6. The van der Waals surface area contributed by atoms with Crippen molar-refractivity contribution in [3.05, 3.63) is 95.1 Å². The van der Waals surface area contributed by atoms with E-state index in [0.717, 1.165) is 22.3 Å². The van der Waals surface area contributed by atoms with Crippen LogP contribution in [0, 0.1) is 0 Å². The fourth-order valence-electron chi connectivity index (χ4n) is 3.85. The van der Waals surface area contributed by atoms with Gasteiger partial charge in [-0.3, -0.25) is 4.79 Å². The molecule has 164 valence electrons. The van der Waals surface area contributed by atoms with E-state index in [-0.39, 0.29) is 24.0 Å². The van der Waals surface area contributed by atoms with Crippen molar-refractivity contribution < 1.29 is 19.7 Å². The van der Waals surface area contributed by atoms with Crippen molar-refractivity contribution in [1.29, 1.82) is 0 Å². The van der Waals surface area contributed by atoms with E-state index in [0.29, 0.717) is 5.84 Å². The highest BCUT2D eigenvalue weighted by Crippen LogP contribution is 2.46. The monoisotopic (exact) mass is 430 g/mol. The van der Waals surface area contributed by atoms with Crippen molar-refractivity contribution >= 4 is 11.7 Å². The van der Waals surface area contributed by atoms with Gasteiger partial charge in [0, 0.05) is 5.56 Å². The molecule has 0 bridgehead atoms. The van der Waals surface area contributed by atoms with Gasteiger partial charge in [0.15, 0.2) is 0 Å². The lowest BCUT2D eigenvalue weighted by atomic mass is 9.77. The molecule has 32 heavy (non-hydrogen) atoms. The summed E-state index contributed by atoms with van der Waals surface area (Å²) in [5.41, 5.74) is 1.95. The number of phenolic OH excluding ortho intramolecular Hbond substituents is 2. The Morgan fingerprint density at radius 3 is 1.97 bits per heavy atom. The van der Waals surface area contributed by atoms with E-state index >= 15 is 0 Å². The second-order valence-corrected chi connectivity index (χ2v) is 8.76. The molecule has 0 fully saturated rings. The van der Waals surface area contributed by atoms with Crippen LogP contribution in [0.15, 0.2) is 77.8 Å². The van der Waals surface area contributed by atoms with Gasteiger partial charge in [-0.2, -0.15) is 0 Å². The normalized spacial score (nSPS) is 14.5. The van der Waals surface area contributed by atoms with Gasteiger partial charge in [0.25, 0.3) is 5.91 Å². The Morgan fingerprint density at radius 2 is 1.44 bits per heavy atom. The fourth-order valence-corrected chi connectivity index (χ4v) is 3.85. The van der Waals surface area contributed by atoms with Crippen LogP contribution in [0.25, 0.3) is 0 Å². The first-order valence-electron chi connectivity index (χ1n) is 10.4. The Bertz CT molecular complexity index is 1110. The molecule has 1 aliphatic heterocycles. The molecule has 4 rings (SSSR count). The summed E-state index contributed by atoms with van der Waals surface area (Å²) in [4.78, 5) is 17.7. The molecule has 3 aromatic carbocycles. The second kappa shape index (κ2) is 8.13. The number of amidine groups is 1. The number of rotatable bonds is 4. The van der Waals surface area contributed by atoms with Gasteiger partial charge in [-0.15, -0.1) is 0 Å². The maximum atomic E-state index is 12.6. The van der Waals surface area contributed by atoms with Crippen LogP contribution in [-0.2, 0) is 15.1 Å². The maximum Gasteiger partial charge on any atom is 0.251 e. The molecule has 0 aromatic heterocycles. The van der Waals surface area contributed by atoms with E-state index in [1.165, 1.54) is 0 Å². The number of ether oxygens (including phenoxy) is 1. The lowest BCUT2D eigenvalue weighted by Crippen LogP contribution is -2.36. The lowest BCUT2D eigenvalue weighted by Gasteiger charge is -2.29. The third-order valence-electron chi connectivity index (χ3n) is 5.32. The first-order valence-corrected chi connectivity index (χ1v) is 10.4. The van der Waals surface area contributed by atoms with E-state index < -0.39 is 11.1 Å². The molecule has 0 unspecified atom stereocenters. The van der Waals surface area contributed by atoms with Gasteiger partial charge in [0.1, 0.15) is 29.5 Å². The van der Waals surface area contributed by atoms with Gasteiger partial charge >= 0.3 is 0 Å². The number of amides is 1. The Balaban J connectivity index is 1.84. The molecule has 0 atom stereocenters. The van der Waals surface area contributed by atoms with Crippen molar-refractivity contribution in [3.63, 3.8) is 0 Å². The number of carbonyl (C=O) groups is 1. The number of hydrogen-bond donors (Lipinski definition) is 3. The van der Waals surface area contributed by atoms with E-state index in [4.69, 9.17) is 9.73 Å². The standard InChI is InChI=1S/C26H26N2O4/c1-25(2,3)32-16-23(31)27-24-21-6-4-5-7-22(21)26(28-24,17-8-12-19(29)13-9-17)18-10-14-20(30)15-11-18/h4-15,29-30H,16H2,1-3H3,(H,27,28,31). The average molecular weight is 431 g/mol. The minimum absolute atomic E-state index is 0.0872. The number of hydrogen-bond acceptors (Lipinski definition) is 5. The van der Waals surface area contributed by atoms with Crippen LogP contribution in [0.3, 0.4) is 0 Å². The van der Waals surface area contributed by atoms with Crippen LogP contribution < -0.4 is 5.32 Å². The Morgan fingerprint density at radius 1 is 0.906 bits per heavy atom. The van der Waals surface area contributed by atoms with Gasteiger partial charge in [-0.1, -0.05) is 48.5 Å². The number of fused-ring (bicyclic) bond motifs is 1. The molecule has 1 amide bonds. The molecule has 1 heterocycles. The summed E-state index contributed by atoms with van der Waals surface area (Å²) in [7, 11) is 0. The summed E-state index contributed by atoms with van der Waals surface area (Å²) in [5.74, 6) is 0.459. The third-order valence-corrected chi connectivity index (χ3v) is 5.32. The molecule has 0 saturated heterocycles. The zero-order valence-electron chi connectivity index (χ0n) is 18.3. The van der Waals surface area contributed by atoms with E-state index in [9.17, 15) is 15.0 Å². The first-order chi connectivity index (χ1) is 15.2. The van der Waals surface area contributed by atoms with Gasteiger partial charge in [0.2, 0.25) is 0 Å². The number of carbonyl (C=O) groups excluding carboxylic acids is 1. The first kappa shape index (κ1) is 21.6. The molecular formula is C26H26N2O4.